The molecule has 0 aromatic rings. The highest BCUT2D eigenvalue weighted by atomic mass is 15.2. The van der Waals surface area contributed by atoms with Crippen LogP contribution in [0.25, 0.3) is 0 Å². The highest BCUT2D eigenvalue weighted by molar-refractivity contribution is 5.33. The summed E-state index contributed by atoms with van der Waals surface area (Å²) >= 11 is 0. The number of hydrogen-bond acceptors (Lipinski definition) is 1. The third-order valence-corrected chi connectivity index (χ3v) is 4.19. The lowest BCUT2D eigenvalue weighted by molar-refractivity contribution is 0.239. The lowest BCUT2D eigenvalue weighted by Gasteiger charge is -2.41. The molecule has 2 aliphatic rings. The molecule has 1 aliphatic heterocycles. The van der Waals surface area contributed by atoms with Crippen LogP contribution in [0.3, 0.4) is 0 Å². The first-order valence-corrected chi connectivity index (χ1v) is 7.82. The molecule has 2 rings (SSSR count). The fourth-order valence-electron chi connectivity index (χ4n) is 3.10. The van der Waals surface area contributed by atoms with Crippen LogP contribution in [0.2, 0.25) is 0 Å². The molecule has 2 atom stereocenters. The fourth-order valence-corrected chi connectivity index (χ4v) is 3.10. The number of rotatable bonds is 5. The smallest absolute Gasteiger partial charge is 0.0511 e. The fraction of sp³-hybridized carbons (Fsp3) is 0.556. The van der Waals surface area contributed by atoms with Gasteiger partial charge in [-0.3, -0.25) is 0 Å². The van der Waals surface area contributed by atoms with Gasteiger partial charge in [-0.05, 0) is 36.8 Å². The van der Waals surface area contributed by atoms with E-state index in [0.717, 1.165) is 12.8 Å². The molecule has 1 heterocycles. The van der Waals surface area contributed by atoms with Crippen molar-refractivity contribution >= 4 is 0 Å². The largest absolute Gasteiger partial charge is 0.364 e. The Morgan fingerprint density at radius 1 is 1.16 bits per heavy atom. The maximum absolute atomic E-state index is 2.61. The minimum atomic E-state index is 0.540. The van der Waals surface area contributed by atoms with Crippen molar-refractivity contribution in [2.45, 2.75) is 65.0 Å². The Morgan fingerprint density at radius 2 is 2.00 bits per heavy atom. The number of allylic oxidation sites excluding steroid dienone is 4. The molecule has 104 valence electrons. The van der Waals surface area contributed by atoms with E-state index in [9.17, 15) is 0 Å². The van der Waals surface area contributed by atoms with Crippen LogP contribution >= 0.6 is 0 Å². The van der Waals surface area contributed by atoms with Crippen molar-refractivity contribution in [2.75, 3.05) is 0 Å². The first-order valence-electron chi connectivity index (χ1n) is 7.82. The summed E-state index contributed by atoms with van der Waals surface area (Å²) in [7, 11) is 0. The Kier molecular flexibility index (Phi) is 5.07. The first-order chi connectivity index (χ1) is 9.30. The van der Waals surface area contributed by atoms with Gasteiger partial charge in [0.2, 0.25) is 0 Å². The summed E-state index contributed by atoms with van der Waals surface area (Å²) < 4.78 is 0. The lowest BCUT2D eigenvalue weighted by atomic mass is 9.90. The molecule has 1 nitrogen and oxygen atoms in total. The molecule has 0 saturated heterocycles. The quantitative estimate of drug-likeness (QED) is 0.671. The van der Waals surface area contributed by atoms with E-state index in [4.69, 9.17) is 0 Å². The highest BCUT2D eigenvalue weighted by Crippen LogP contribution is 2.31. The predicted octanol–water partition coefficient (Wildman–Crippen LogP) is 4.99. The maximum atomic E-state index is 2.61. The van der Waals surface area contributed by atoms with Gasteiger partial charge in [-0.15, -0.1) is 0 Å². The minimum absolute atomic E-state index is 0.540. The summed E-state index contributed by atoms with van der Waals surface area (Å²) in [6.45, 7) is 6.84. The standard InChI is InChI=1S/C18H27N/c1-4-10-18-16(6-3)13-15(5-2)14-19(18)17-11-8-7-9-12-17/h7-9,11,13-14,17-18H,4-6,10,12H2,1-3H3/t17-,18+/m1/s1. The van der Waals surface area contributed by atoms with Gasteiger partial charge in [0.25, 0.3) is 0 Å². The van der Waals surface area contributed by atoms with Gasteiger partial charge in [-0.1, -0.05) is 57.6 Å². The zero-order valence-electron chi connectivity index (χ0n) is 12.6. The van der Waals surface area contributed by atoms with Gasteiger partial charge < -0.3 is 4.90 Å². The van der Waals surface area contributed by atoms with Gasteiger partial charge in [0.1, 0.15) is 0 Å². The van der Waals surface area contributed by atoms with Crippen LogP contribution in [0, 0.1) is 0 Å². The molecule has 0 spiro atoms. The summed E-state index contributed by atoms with van der Waals surface area (Å²) in [5.74, 6) is 0. The molecule has 0 radical (unpaired) electrons. The van der Waals surface area contributed by atoms with Crippen molar-refractivity contribution in [1.82, 2.24) is 4.90 Å². The van der Waals surface area contributed by atoms with Gasteiger partial charge in [-0.2, -0.15) is 0 Å². The average molecular weight is 257 g/mol. The van der Waals surface area contributed by atoms with Gasteiger partial charge in [0, 0.05) is 6.20 Å². The van der Waals surface area contributed by atoms with Gasteiger partial charge in [0.15, 0.2) is 0 Å². The van der Waals surface area contributed by atoms with Crippen LogP contribution in [0.5, 0.6) is 0 Å². The molecule has 0 fully saturated rings. The van der Waals surface area contributed by atoms with E-state index < -0.39 is 0 Å². The third kappa shape index (κ3) is 3.20. The van der Waals surface area contributed by atoms with Crippen LogP contribution in [0.1, 0.15) is 52.9 Å². The Balaban J connectivity index is 2.26. The van der Waals surface area contributed by atoms with E-state index >= 15 is 0 Å². The Bertz CT molecular complexity index is 411. The van der Waals surface area contributed by atoms with E-state index in [2.05, 4.69) is 62.3 Å². The number of hydrogen-bond donors (Lipinski definition) is 0. The molecule has 0 aromatic heterocycles. The molecule has 0 amide bonds. The molecule has 0 saturated carbocycles. The molecule has 1 aliphatic carbocycles. The van der Waals surface area contributed by atoms with Crippen molar-refractivity contribution in [1.29, 1.82) is 0 Å². The second-order valence-corrected chi connectivity index (χ2v) is 5.50. The summed E-state index contributed by atoms with van der Waals surface area (Å²) in [5.41, 5.74) is 3.09. The van der Waals surface area contributed by atoms with Crippen LogP contribution < -0.4 is 0 Å². The van der Waals surface area contributed by atoms with Crippen molar-refractivity contribution in [2.24, 2.45) is 0 Å². The first kappa shape index (κ1) is 14.2. The second-order valence-electron chi connectivity index (χ2n) is 5.50. The normalized spacial score (nSPS) is 26.4. The van der Waals surface area contributed by atoms with Gasteiger partial charge >= 0.3 is 0 Å². The highest BCUT2D eigenvalue weighted by Gasteiger charge is 2.26. The summed E-state index contributed by atoms with van der Waals surface area (Å²) in [6.07, 6.45) is 19.8. The van der Waals surface area contributed by atoms with Gasteiger partial charge in [-0.25, -0.2) is 0 Å². The molecule has 0 bridgehead atoms. The van der Waals surface area contributed by atoms with E-state index in [1.165, 1.54) is 24.8 Å². The molecule has 0 N–H and O–H groups in total. The van der Waals surface area contributed by atoms with E-state index in [-0.39, 0.29) is 0 Å². The molecule has 1 heteroatoms. The summed E-state index contributed by atoms with van der Waals surface area (Å²) in [6, 6.07) is 1.14. The average Bonchev–Trinajstić information content (AvgIpc) is 2.48. The van der Waals surface area contributed by atoms with E-state index in [1.54, 1.807) is 5.57 Å². The molecular formula is C18H27N. The topological polar surface area (TPSA) is 3.24 Å². The number of nitrogens with zero attached hydrogens (tertiary/aromatic N) is 1. The Hall–Kier alpha value is -1.24. The Labute approximate surface area is 118 Å². The van der Waals surface area contributed by atoms with Crippen molar-refractivity contribution in [3.8, 4) is 0 Å². The Morgan fingerprint density at radius 3 is 2.58 bits per heavy atom. The van der Waals surface area contributed by atoms with E-state index in [0.29, 0.717) is 12.1 Å². The maximum Gasteiger partial charge on any atom is 0.0511 e. The van der Waals surface area contributed by atoms with Crippen molar-refractivity contribution in [3.05, 3.63) is 47.7 Å². The lowest BCUT2D eigenvalue weighted by Crippen LogP contribution is -2.41. The molecular weight excluding hydrogens is 230 g/mol. The van der Waals surface area contributed by atoms with Crippen molar-refractivity contribution < 1.29 is 0 Å². The predicted molar refractivity (Wildman–Crippen MR) is 84.0 cm³/mol. The van der Waals surface area contributed by atoms with E-state index in [1.807, 2.05) is 0 Å². The molecule has 0 aromatic carbocycles. The summed E-state index contributed by atoms with van der Waals surface area (Å²) in [4.78, 5) is 2.61. The third-order valence-electron chi connectivity index (χ3n) is 4.19. The zero-order valence-corrected chi connectivity index (χ0v) is 12.6. The van der Waals surface area contributed by atoms with Crippen LogP contribution in [-0.4, -0.2) is 17.0 Å². The van der Waals surface area contributed by atoms with Crippen LogP contribution in [0.4, 0.5) is 0 Å². The van der Waals surface area contributed by atoms with Crippen LogP contribution in [0.15, 0.2) is 47.7 Å². The molecule has 19 heavy (non-hydrogen) atoms. The van der Waals surface area contributed by atoms with Crippen LogP contribution in [-0.2, 0) is 0 Å². The zero-order chi connectivity index (χ0) is 13.7. The van der Waals surface area contributed by atoms with Gasteiger partial charge in [0.05, 0.1) is 12.1 Å². The molecule has 0 unspecified atom stereocenters. The van der Waals surface area contributed by atoms with Crippen molar-refractivity contribution in [3.63, 3.8) is 0 Å². The monoisotopic (exact) mass is 257 g/mol. The SMILES string of the molecule is CCC[C@H]1C(CC)=CC(CC)=CN1[C@@H]1C=CC=CC1. The summed E-state index contributed by atoms with van der Waals surface area (Å²) in [5, 5.41) is 0. The second kappa shape index (κ2) is 6.79. The minimum Gasteiger partial charge on any atom is -0.364 e.